The Labute approximate surface area is 218 Å². The standard InChI is InChI=1S/C28H33N3O5S/c1-5-26(28(33)29-3)30(19-22-13-11-21(2)12-14-22)27(32)20-31(23-9-7-6-8-10-23)37(34,35)25-17-15-24(36-4)16-18-25/h6-18,26H,5,19-20H2,1-4H3,(H,29,33). The second kappa shape index (κ2) is 12.4. The number of hydrogen-bond donors (Lipinski definition) is 1. The van der Waals surface area contributed by atoms with Crippen molar-refractivity contribution in [2.24, 2.45) is 0 Å². The number of likely N-dealkylation sites (N-methyl/N-ethyl adjacent to an activating group) is 1. The lowest BCUT2D eigenvalue weighted by molar-refractivity contribution is -0.140. The highest BCUT2D eigenvalue weighted by atomic mass is 32.2. The van der Waals surface area contributed by atoms with Crippen LogP contribution in [0.1, 0.15) is 24.5 Å². The van der Waals surface area contributed by atoms with Gasteiger partial charge in [-0.2, -0.15) is 0 Å². The third-order valence-electron chi connectivity index (χ3n) is 6.08. The molecule has 0 aliphatic heterocycles. The number of rotatable bonds is 11. The van der Waals surface area contributed by atoms with Crippen molar-refractivity contribution in [2.75, 3.05) is 25.0 Å². The Morgan fingerprint density at radius 2 is 1.57 bits per heavy atom. The zero-order valence-corrected chi connectivity index (χ0v) is 22.4. The minimum Gasteiger partial charge on any atom is -0.497 e. The summed E-state index contributed by atoms with van der Waals surface area (Å²) in [6, 6.07) is 21.3. The molecule has 1 unspecified atom stereocenters. The summed E-state index contributed by atoms with van der Waals surface area (Å²) in [6.45, 7) is 3.47. The van der Waals surface area contributed by atoms with E-state index in [1.165, 1.54) is 31.2 Å². The van der Waals surface area contributed by atoms with Gasteiger partial charge in [0, 0.05) is 13.6 Å². The maximum atomic E-state index is 13.8. The monoisotopic (exact) mass is 523 g/mol. The second-order valence-corrected chi connectivity index (χ2v) is 10.4. The van der Waals surface area contributed by atoms with Crippen LogP contribution in [0.4, 0.5) is 5.69 Å². The number of sulfonamides is 1. The fraction of sp³-hybridized carbons (Fsp3) is 0.286. The highest BCUT2D eigenvalue weighted by Gasteiger charge is 2.33. The van der Waals surface area contributed by atoms with Gasteiger partial charge in [0.25, 0.3) is 10.0 Å². The van der Waals surface area contributed by atoms with Gasteiger partial charge in [0.15, 0.2) is 0 Å². The van der Waals surface area contributed by atoms with Crippen LogP contribution < -0.4 is 14.4 Å². The third kappa shape index (κ3) is 6.68. The van der Waals surface area contributed by atoms with Crippen LogP contribution >= 0.6 is 0 Å². The van der Waals surface area contributed by atoms with E-state index in [1.807, 2.05) is 38.1 Å². The molecule has 196 valence electrons. The topological polar surface area (TPSA) is 96.0 Å². The van der Waals surface area contributed by atoms with Crippen LogP contribution in [0, 0.1) is 6.92 Å². The van der Waals surface area contributed by atoms with Gasteiger partial charge >= 0.3 is 0 Å². The highest BCUT2D eigenvalue weighted by Crippen LogP contribution is 2.26. The maximum Gasteiger partial charge on any atom is 0.264 e. The number of aryl methyl sites for hydroxylation is 1. The number of amides is 2. The van der Waals surface area contributed by atoms with Crippen molar-refractivity contribution in [3.63, 3.8) is 0 Å². The smallest absolute Gasteiger partial charge is 0.264 e. The van der Waals surface area contributed by atoms with Crippen LogP contribution in [-0.4, -0.2) is 51.9 Å². The Morgan fingerprint density at radius 1 is 0.946 bits per heavy atom. The average molecular weight is 524 g/mol. The molecule has 1 N–H and O–H groups in total. The first-order valence-electron chi connectivity index (χ1n) is 12.0. The lowest BCUT2D eigenvalue weighted by Crippen LogP contribution is -2.51. The molecule has 2 amide bonds. The van der Waals surface area contributed by atoms with Gasteiger partial charge in [-0.1, -0.05) is 55.0 Å². The molecule has 3 rings (SSSR count). The minimum absolute atomic E-state index is 0.0216. The summed E-state index contributed by atoms with van der Waals surface area (Å²) in [5.41, 5.74) is 2.25. The van der Waals surface area contributed by atoms with Crippen LogP contribution in [0.5, 0.6) is 5.75 Å². The summed E-state index contributed by atoms with van der Waals surface area (Å²) in [6.07, 6.45) is 0.369. The van der Waals surface area contributed by atoms with Crippen molar-refractivity contribution in [3.8, 4) is 5.75 Å². The van der Waals surface area contributed by atoms with Crippen LogP contribution in [0.2, 0.25) is 0 Å². The first-order chi connectivity index (χ1) is 17.7. The van der Waals surface area contributed by atoms with Gasteiger partial charge in [0.2, 0.25) is 11.8 Å². The van der Waals surface area contributed by atoms with Crippen molar-refractivity contribution < 1.29 is 22.7 Å². The molecule has 9 heteroatoms. The van der Waals surface area contributed by atoms with Crippen molar-refractivity contribution in [2.45, 2.75) is 37.8 Å². The normalized spacial score (nSPS) is 11.9. The Kier molecular flexibility index (Phi) is 9.30. The van der Waals surface area contributed by atoms with Gasteiger partial charge < -0.3 is 15.0 Å². The molecule has 3 aromatic rings. The van der Waals surface area contributed by atoms with E-state index in [4.69, 9.17) is 4.74 Å². The van der Waals surface area contributed by atoms with Gasteiger partial charge in [-0.25, -0.2) is 8.42 Å². The largest absolute Gasteiger partial charge is 0.497 e. The summed E-state index contributed by atoms with van der Waals surface area (Å²) >= 11 is 0. The molecular formula is C28H33N3O5S. The SMILES string of the molecule is CCC(C(=O)NC)N(Cc1ccc(C)cc1)C(=O)CN(c1ccccc1)S(=O)(=O)c1ccc(OC)cc1. The summed E-state index contributed by atoms with van der Waals surface area (Å²) in [7, 11) is -1.10. The van der Waals surface area contributed by atoms with E-state index in [0.29, 0.717) is 17.9 Å². The van der Waals surface area contributed by atoms with Crippen LogP contribution in [0.3, 0.4) is 0 Å². The molecule has 0 spiro atoms. The van der Waals surface area contributed by atoms with Gasteiger partial charge in [-0.05, 0) is 55.3 Å². The Balaban J connectivity index is 2.02. The highest BCUT2D eigenvalue weighted by molar-refractivity contribution is 7.92. The van der Waals surface area contributed by atoms with E-state index >= 15 is 0 Å². The number of nitrogens with zero attached hydrogens (tertiary/aromatic N) is 2. The molecule has 37 heavy (non-hydrogen) atoms. The lowest BCUT2D eigenvalue weighted by Gasteiger charge is -2.33. The molecule has 1 atom stereocenters. The first kappa shape index (κ1) is 27.7. The van der Waals surface area contributed by atoms with Gasteiger partial charge in [0.05, 0.1) is 17.7 Å². The Bertz CT molecular complexity index is 1290. The molecule has 0 aliphatic carbocycles. The molecule has 0 saturated carbocycles. The van der Waals surface area contributed by atoms with E-state index in [9.17, 15) is 18.0 Å². The molecule has 0 saturated heterocycles. The molecule has 0 bridgehead atoms. The summed E-state index contributed by atoms with van der Waals surface area (Å²) in [5.74, 6) is -0.286. The predicted molar refractivity (Wildman–Crippen MR) is 144 cm³/mol. The molecular weight excluding hydrogens is 490 g/mol. The fourth-order valence-electron chi connectivity index (χ4n) is 3.97. The van der Waals surface area contributed by atoms with Crippen LogP contribution in [0.15, 0.2) is 83.8 Å². The van der Waals surface area contributed by atoms with E-state index in [1.54, 1.807) is 42.5 Å². The Morgan fingerprint density at radius 3 is 2.11 bits per heavy atom. The number of methoxy groups -OCH3 is 1. The molecule has 0 heterocycles. The number of para-hydroxylation sites is 1. The van der Waals surface area contributed by atoms with Gasteiger partial charge in [0.1, 0.15) is 18.3 Å². The molecule has 0 aliphatic rings. The molecule has 8 nitrogen and oxygen atoms in total. The number of carbonyl (C=O) groups is 2. The summed E-state index contributed by atoms with van der Waals surface area (Å²) in [4.78, 5) is 28.0. The Hall–Kier alpha value is -3.85. The number of hydrogen-bond acceptors (Lipinski definition) is 5. The number of anilines is 1. The van der Waals surface area contributed by atoms with Crippen LogP contribution in [0.25, 0.3) is 0 Å². The fourth-order valence-corrected chi connectivity index (χ4v) is 5.39. The van der Waals surface area contributed by atoms with Crippen molar-refractivity contribution in [3.05, 3.63) is 90.0 Å². The summed E-state index contributed by atoms with van der Waals surface area (Å²) in [5, 5.41) is 2.62. The van der Waals surface area contributed by atoms with Crippen molar-refractivity contribution in [1.82, 2.24) is 10.2 Å². The third-order valence-corrected chi connectivity index (χ3v) is 7.86. The zero-order valence-electron chi connectivity index (χ0n) is 21.5. The van der Waals surface area contributed by atoms with Crippen LogP contribution in [-0.2, 0) is 26.2 Å². The number of ether oxygens (including phenoxy) is 1. The van der Waals surface area contributed by atoms with E-state index in [0.717, 1.165) is 15.4 Å². The number of nitrogens with one attached hydrogen (secondary N) is 1. The average Bonchev–Trinajstić information content (AvgIpc) is 2.92. The maximum absolute atomic E-state index is 13.8. The van der Waals surface area contributed by atoms with E-state index in [2.05, 4.69) is 5.32 Å². The molecule has 3 aromatic carbocycles. The molecule has 0 radical (unpaired) electrons. The first-order valence-corrected chi connectivity index (χ1v) is 13.4. The van der Waals surface area contributed by atoms with Crippen molar-refractivity contribution in [1.29, 1.82) is 0 Å². The molecule has 0 fully saturated rings. The molecule has 0 aromatic heterocycles. The minimum atomic E-state index is -4.11. The van der Waals surface area contributed by atoms with Crippen molar-refractivity contribution >= 4 is 27.5 Å². The number of benzene rings is 3. The number of carbonyl (C=O) groups excluding carboxylic acids is 2. The van der Waals surface area contributed by atoms with Gasteiger partial charge in [-0.3, -0.25) is 13.9 Å². The second-order valence-electron chi connectivity index (χ2n) is 8.57. The van der Waals surface area contributed by atoms with Gasteiger partial charge in [-0.15, -0.1) is 0 Å². The van der Waals surface area contributed by atoms with E-state index in [-0.39, 0.29) is 17.3 Å². The summed E-state index contributed by atoms with van der Waals surface area (Å²) < 4.78 is 33.7. The predicted octanol–water partition coefficient (Wildman–Crippen LogP) is 3.75. The van der Waals surface area contributed by atoms with E-state index < -0.39 is 28.5 Å². The zero-order chi connectivity index (χ0) is 27.0. The quantitative estimate of drug-likeness (QED) is 0.413. The lowest BCUT2D eigenvalue weighted by atomic mass is 10.1.